The number of hydrogen-bond acceptors (Lipinski definition) is 6. The molecule has 0 saturated carbocycles. The van der Waals surface area contributed by atoms with Crippen LogP contribution in [0.15, 0.2) is 29.7 Å². The molecular weight excluding hydrogens is 382 g/mol. The number of nitrogens with zero attached hydrogens (tertiary/aromatic N) is 5. The van der Waals surface area contributed by atoms with Crippen LogP contribution in [0.25, 0.3) is 11.8 Å². The van der Waals surface area contributed by atoms with Gasteiger partial charge >= 0.3 is 0 Å². The molecule has 0 amide bonds. The SMILES string of the molecule is CCc1nnn(-c2ccc(OC)c(/C=C/CC(C)(C)c3csc(C(C)C)n3)c2)n1. The highest BCUT2D eigenvalue weighted by atomic mass is 32.1. The van der Waals surface area contributed by atoms with E-state index in [9.17, 15) is 0 Å². The standard InChI is InChI=1S/C22H29N5OS/c1-7-20-24-26-27(25-20)17-10-11-18(28-6)16(13-17)9-8-12-22(4,5)19-14-29-21(23-19)15(2)3/h8-11,13-15H,7,12H2,1-6H3/b9-8+. The zero-order chi connectivity index (χ0) is 21.0. The van der Waals surface area contributed by atoms with Crippen molar-refractivity contribution in [2.24, 2.45) is 0 Å². The molecule has 3 aromatic rings. The summed E-state index contributed by atoms with van der Waals surface area (Å²) in [5, 5.41) is 16.0. The largest absolute Gasteiger partial charge is 0.496 e. The molecule has 0 bridgehead atoms. The van der Waals surface area contributed by atoms with Gasteiger partial charge in [-0.1, -0.05) is 46.8 Å². The van der Waals surface area contributed by atoms with Crippen LogP contribution in [0, 0.1) is 0 Å². The third-order valence-corrected chi connectivity index (χ3v) is 6.00. The van der Waals surface area contributed by atoms with Gasteiger partial charge in [-0.2, -0.15) is 0 Å². The van der Waals surface area contributed by atoms with Crippen LogP contribution in [-0.2, 0) is 11.8 Å². The minimum atomic E-state index is -0.0333. The highest BCUT2D eigenvalue weighted by molar-refractivity contribution is 7.09. The minimum Gasteiger partial charge on any atom is -0.496 e. The van der Waals surface area contributed by atoms with E-state index in [2.05, 4.69) is 60.6 Å². The molecule has 0 radical (unpaired) electrons. The van der Waals surface area contributed by atoms with Gasteiger partial charge in [-0.25, -0.2) is 4.98 Å². The summed E-state index contributed by atoms with van der Waals surface area (Å²) in [7, 11) is 1.68. The van der Waals surface area contributed by atoms with Crippen LogP contribution >= 0.6 is 11.3 Å². The number of ether oxygens (including phenoxy) is 1. The molecule has 0 aliphatic rings. The van der Waals surface area contributed by atoms with Gasteiger partial charge in [0, 0.05) is 28.7 Å². The van der Waals surface area contributed by atoms with Crippen molar-refractivity contribution < 1.29 is 4.74 Å². The van der Waals surface area contributed by atoms with Gasteiger partial charge in [-0.3, -0.25) is 0 Å². The third-order valence-electron chi connectivity index (χ3n) is 4.85. The van der Waals surface area contributed by atoms with Crippen molar-refractivity contribution in [2.45, 2.75) is 58.8 Å². The Hall–Kier alpha value is -2.54. The fraction of sp³-hybridized carbons (Fsp3) is 0.455. The molecule has 154 valence electrons. The first-order valence-corrected chi connectivity index (χ1v) is 10.8. The van der Waals surface area contributed by atoms with Crippen molar-refractivity contribution >= 4 is 17.4 Å². The van der Waals surface area contributed by atoms with E-state index < -0.39 is 0 Å². The normalized spacial score (nSPS) is 12.2. The van der Waals surface area contributed by atoms with Crippen LogP contribution in [-0.4, -0.2) is 32.3 Å². The van der Waals surface area contributed by atoms with E-state index in [0.717, 1.165) is 41.4 Å². The number of thiazole rings is 1. The van der Waals surface area contributed by atoms with Gasteiger partial charge in [0.1, 0.15) is 5.75 Å². The fourth-order valence-corrected chi connectivity index (χ4v) is 3.95. The van der Waals surface area contributed by atoms with E-state index in [0.29, 0.717) is 5.92 Å². The number of allylic oxidation sites excluding steroid dienone is 1. The second-order valence-corrected chi connectivity index (χ2v) is 8.88. The Bertz CT molecular complexity index is 987. The van der Waals surface area contributed by atoms with Crippen LogP contribution in [0.2, 0.25) is 0 Å². The Kier molecular flexibility index (Phi) is 6.47. The number of hydrogen-bond donors (Lipinski definition) is 0. The molecule has 0 spiro atoms. The summed E-state index contributed by atoms with van der Waals surface area (Å²) in [6.07, 6.45) is 5.91. The Morgan fingerprint density at radius 3 is 2.69 bits per heavy atom. The predicted octanol–water partition coefficient (Wildman–Crippen LogP) is 5.19. The summed E-state index contributed by atoms with van der Waals surface area (Å²) < 4.78 is 5.53. The number of methoxy groups -OCH3 is 1. The molecule has 29 heavy (non-hydrogen) atoms. The fourth-order valence-electron chi connectivity index (χ4n) is 2.92. The highest BCUT2D eigenvalue weighted by Crippen LogP contribution is 2.31. The maximum atomic E-state index is 5.53. The van der Waals surface area contributed by atoms with E-state index in [4.69, 9.17) is 9.72 Å². The average Bonchev–Trinajstić information content (AvgIpc) is 3.38. The smallest absolute Gasteiger partial charge is 0.174 e. The summed E-state index contributed by atoms with van der Waals surface area (Å²) in [4.78, 5) is 6.40. The summed E-state index contributed by atoms with van der Waals surface area (Å²) in [6, 6.07) is 5.89. The minimum absolute atomic E-state index is 0.0333. The third kappa shape index (κ3) is 4.90. The van der Waals surface area contributed by atoms with Crippen molar-refractivity contribution in [3.63, 3.8) is 0 Å². The van der Waals surface area contributed by atoms with Crippen molar-refractivity contribution in [1.82, 2.24) is 25.2 Å². The van der Waals surface area contributed by atoms with Gasteiger partial charge in [-0.15, -0.1) is 26.3 Å². The number of rotatable bonds is 8. The lowest BCUT2D eigenvalue weighted by Crippen LogP contribution is -2.16. The van der Waals surface area contributed by atoms with Crippen LogP contribution in [0.3, 0.4) is 0 Å². The monoisotopic (exact) mass is 411 g/mol. The van der Waals surface area contributed by atoms with Crippen molar-refractivity contribution in [1.29, 1.82) is 0 Å². The Morgan fingerprint density at radius 2 is 2.07 bits per heavy atom. The first-order chi connectivity index (χ1) is 13.8. The second kappa shape index (κ2) is 8.86. The molecule has 6 nitrogen and oxygen atoms in total. The van der Waals surface area contributed by atoms with Crippen LogP contribution in [0.5, 0.6) is 5.75 Å². The predicted molar refractivity (Wildman–Crippen MR) is 118 cm³/mol. The Morgan fingerprint density at radius 1 is 1.28 bits per heavy atom. The first kappa shape index (κ1) is 21.2. The van der Waals surface area contributed by atoms with Gasteiger partial charge in [-0.05, 0) is 29.8 Å². The summed E-state index contributed by atoms with van der Waals surface area (Å²) in [5.74, 6) is 2.00. The average molecular weight is 412 g/mol. The van der Waals surface area contributed by atoms with Crippen molar-refractivity contribution in [3.8, 4) is 11.4 Å². The lowest BCUT2D eigenvalue weighted by Gasteiger charge is -2.20. The molecule has 0 unspecified atom stereocenters. The van der Waals surface area contributed by atoms with E-state index in [1.165, 1.54) is 5.01 Å². The number of aryl methyl sites for hydroxylation is 1. The quantitative estimate of drug-likeness (QED) is 0.510. The molecule has 0 N–H and O–H groups in total. The van der Waals surface area contributed by atoms with E-state index in [1.807, 2.05) is 25.1 Å². The van der Waals surface area contributed by atoms with Gasteiger partial charge in [0.05, 0.1) is 23.5 Å². The summed E-state index contributed by atoms with van der Waals surface area (Å²) >= 11 is 1.75. The first-order valence-electron chi connectivity index (χ1n) is 9.93. The van der Waals surface area contributed by atoms with Gasteiger partial charge in [0.15, 0.2) is 5.82 Å². The Labute approximate surface area is 176 Å². The molecule has 3 rings (SSSR count). The second-order valence-electron chi connectivity index (χ2n) is 7.99. The maximum absolute atomic E-state index is 5.53. The van der Waals surface area contributed by atoms with E-state index in [-0.39, 0.29) is 5.41 Å². The van der Waals surface area contributed by atoms with E-state index >= 15 is 0 Å². The Balaban J connectivity index is 1.80. The lowest BCUT2D eigenvalue weighted by molar-refractivity contribution is 0.413. The number of benzene rings is 1. The lowest BCUT2D eigenvalue weighted by atomic mass is 9.86. The maximum Gasteiger partial charge on any atom is 0.174 e. The van der Waals surface area contributed by atoms with Gasteiger partial charge in [0.2, 0.25) is 0 Å². The van der Waals surface area contributed by atoms with Crippen molar-refractivity contribution in [3.05, 3.63) is 51.7 Å². The zero-order valence-electron chi connectivity index (χ0n) is 18.0. The number of tetrazole rings is 1. The molecule has 2 heterocycles. The number of aromatic nitrogens is 5. The zero-order valence-corrected chi connectivity index (χ0v) is 18.8. The van der Waals surface area contributed by atoms with Crippen LogP contribution in [0.1, 0.15) is 69.0 Å². The van der Waals surface area contributed by atoms with Crippen LogP contribution in [0.4, 0.5) is 0 Å². The highest BCUT2D eigenvalue weighted by Gasteiger charge is 2.23. The van der Waals surface area contributed by atoms with Crippen LogP contribution < -0.4 is 4.74 Å². The van der Waals surface area contributed by atoms with Gasteiger partial charge < -0.3 is 4.74 Å². The molecule has 0 fully saturated rings. The molecule has 0 aliphatic carbocycles. The van der Waals surface area contributed by atoms with Gasteiger partial charge in [0.25, 0.3) is 0 Å². The molecule has 0 atom stereocenters. The molecular formula is C22H29N5OS. The molecule has 0 aliphatic heterocycles. The summed E-state index contributed by atoms with van der Waals surface area (Å²) in [6.45, 7) is 10.8. The topological polar surface area (TPSA) is 65.7 Å². The molecule has 2 aromatic heterocycles. The summed E-state index contributed by atoms with van der Waals surface area (Å²) in [5.41, 5.74) is 2.96. The molecule has 7 heteroatoms. The molecule has 1 aromatic carbocycles. The molecule has 0 saturated heterocycles. The van der Waals surface area contributed by atoms with E-state index in [1.54, 1.807) is 23.2 Å². The van der Waals surface area contributed by atoms with Crippen molar-refractivity contribution in [2.75, 3.05) is 7.11 Å².